The number of thioether (sulfide) groups is 1. The highest BCUT2D eigenvalue weighted by Gasteiger charge is 2.49. The summed E-state index contributed by atoms with van der Waals surface area (Å²) in [5.74, 6) is 0.781. The van der Waals surface area contributed by atoms with Gasteiger partial charge in [0.2, 0.25) is 0 Å². The van der Waals surface area contributed by atoms with Gasteiger partial charge in [-0.25, -0.2) is 4.39 Å². The molecule has 4 nitrogen and oxygen atoms in total. The second kappa shape index (κ2) is 4.50. The van der Waals surface area contributed by atoms with E-state index >= 15 is 0 Å². The first kappa shape index (κ1) is 12.1. The van der Waals surface area contributed by atoms with Crippen molar-refractivity contribution in [3.05, 3.63) is 0 Å². The molecule has 0 spiro atoms. The zero-order chi connectivity index (χ0) is 11.9. The van der Waals surface area contributed by atoms with Crippen LogP contribution >= 0.6 is 11.8 Å². The summed E-state index contributed by atoms with van der Waals surface area (Å²) in [6.07, 6.45) is -2.54. The summed E-state index contributed by atoms with van der Waals surface area (Å²) in [5.41, 5.74) is 0. The summed E-state index contributed by atoms with van der Waals surface area (Å²) in [5, 5.41) is 21.8. The number of nitrogens with zero attached hydrogens (tertiary/aromatic N) is 1. The molecule has 0 amide bonds. The maximum absolute atomic E-state index is 13.9. The van der Waals surface area contributed by atoms with Crippen molar-refractivity contribution in [1.82, 2.24) is 5.32 Å². The lowest BCUT2D eigenvalue weighted by molar-refractivity contribution is 0.0242. The number of aliphatic hydroxyl groups is 2. The number of alkyl halides is 1. The SMILES string of the molecule is CNC1=N[C@@H]2[C@H](F)[C@H](O)C([C@H](C)O)S[C@@H]2C1. The van der Waals surface area contributed by atoms with Gasteiger partial charge in [-0.2, -0.15) is 0 Å². The second-order valence-corrected chi connectivity index (χ2v) is 5.76. The minimum atomic E-state index is -1.38. The Morgan fingerprint density at radius 2 is 2.31 bits per heavy atom. The van der Waals surface area contributed by atoms with Crippen LogP contribution in [-0.4, -0.2) is 58.0 Å². The van der Waals surface area contributed by atoms with Crippen molar-refractivity contribution in [3.63, 3.8) is 0 Å². The van der Waals surface area contributed by atoms with Gasteiger partial charge in [-0.1, -0.05) is 0 Å². The van der Waals surface area contributed by atoms with E-state index < -0.39 is 29.7 Å². The molecule has 0 aromatic carbocycles. The lowest BCUT2D eigenvalue weighted by atomic mass is 9.99. The second-order valence-electron chi connectivity index (χ2n) is 4.34. The average molecular weight is 248 g/mol. The van der Waals surface area contributed by atoms with Crippen LogP contribution in [0.1, 0.15) is 13.3 Å². The molecule has 1 fully saturated rings. The topological polar surface area (TPSA) is 64.9 Å². The molecule has 1 unspecified atom stereocenters. The van der Waals surface area contributed by atoms with Gasteiger partial charge in [0.05, 0.1) is 23.2 Å². The molecule has 2 rings (SSSR count). The zero-order valence-corrected chi connectivity index (χ0v) is 10.1. The number of halogens is 1. The average Bonchev–Trinajstić information content (AvgIpc) is 2.66. The number of nitrogens with one attached hydrogen (secondary N) is 1. The van der Waals surface area contributed by atoms with E-state index in [1.54, 1.807) is 14.0 Å². The number of hydrogen-bond acceptors (Lipinski definition) is 5. The maximum atomic E-state index is 13.9. The fourth-order valence-corrected chi connectivity index (χ4v) is 3.83. The Morgan fingerprint density at radius 3 is 2.88 bits per heavy atom. The molecule has 16 heavy (non-hydrogen) atoms. The van der Waals surface area contributed by atoms with E-state index in [1.807, 2.05) is 0 Å². The Balaban J connectivity index is 2.14. The fraction of sp³-hybridized carbons (Fsp3) is 0.900. The Kier molecular flexibility index (Phi) is 3.42. The van der Waals surface area contributed by atoms with Crippen molar-refractivity contribution in [2.45, 2.75) is 48.3 Å². The molecule has 0 saturated carbocycles. The Bertz CT molecular complexity index is 301. The van der Waals surface area contributed by atoms with Crippen molar-refractivity contribution >= 4 is 17.6 Å². The third-order valence-corrected chi connectivity index (χ3v) is 4.95. The minimum absolute atomic E-state index is 0.0282. The largest absolute Gasteiger partial charge is 0.392 e. The van der Waals surface area contributed by atoms with Gasteiger partial charge in [-0.15, -0.1) is 11.8 Å². The van der Waals surface area contributed by atoms with E-state index in [1.165, 1.54) is 11.8 Å². The number of rotatable bonds is 1. The summed E-state index contributed by atoms with van der Waals surface area (Å²) < 4.78 is 13.9. The molecule has 2 aliphatic heterocycles. The van der Waals surface area contributed by atoms with Crippen LogP contribution in [-0.2, 0) is 0 Å². The molecule has 0 radical (unpaired) electrons. The van der Waals surface area contributed by atoms with Crippen molar-refractivity contribution in [2.75, 3.05) is 7.05 Å². The lowest BCUT2D eigenvalue weighted by Crippen LogP contribution is -2.51. The Labute approximate surface area is 98.3 Å². The highest BCUT2D eigenvalue weighted by molar-refractivity contribution is 8.00. The summed E-state index contributed by atoms with van der Waals surface area (Å²) >= 11 is 1.45. The lowest BCUT2D eigenvalue weighted by Gasteiger charge is -2.38. The van der Waals surface area contributed by atoms with Crippen LogP contribution in [0.3, 0.4) is 0 Å². The van der Waals surface area contributed by atoms with E-state index in [2.05, 4.69) is 10.3 Å². The molecule has 2 aliphatic rings. The van der Waals surface area contributed by atoms with Crippen molar-refractivity contribution in [3.8, 4) is 0 Å². The van der Waals surface area contributed by atoms with Gasteiger partial charge >= 0.3 is 0 Å². The Morgan fingerprint density at radius 1 is 1.62 bits per heavy atom. The minimum Gasteiger partial charge on any atom is -0.392 e. The van der Waals surface area contributed by atoms with Crippen molar-refractivity contribution in [2.24, 2.45) is 4.99 Å². The van der Waals surface area contributed by atoms with Crippen LogP contribution in [0.4, 0.5) is 4.39 Å². The number of aliphatic hydroxyl groups excluding tert-OH is 2. The quantitative estimate of drug-likeness (QED) is 0.608. The normalized spacial score (nSPS) is 44.8. The van der Waals surface area contributed by atoms with Crippen LogP contribution in [0.2, 0.25) is 0 Å². The molecule has 1 saturated heterocycles. The van der Waals surface area contributed by atoms with Gasteiger partial charge in [0.25, 0.3) is 0 Å². The summed E-state index contributed by atoms with van der Waals surface area (Å²) in [7, 11) is 1.76. The first-order valence-corrected chi connectivity index (χ1v) is 6.39. The van der Waals surface area contributed by atoms with Crippen molar-refractivity contribution < 1.29 is 14.6 Å². The molecule has 0 aromatic heterocycles. The van der Waals surface area contributed by atoms with Gasteiger partial charge in [-0.05, 0) is 6.92 Å². The predicted molar refractivity (Wildman–Crippen MR) is 62.7 cm³/mol. The molecular weight excluding hydrogens is 231 g/mol. The summed E-state index contributed by atoms with van der Waals surface area (Å²) in [6.45, 7) is 1.59. The van der Waals surface area contributed by atoms with Crippen molar-refractivity contribution in [1.29, 1.82) is 0 Å². The molecule has 6 atom stereocenters. The number of fused-ring (bicyclic) bond motifs is 1. The van der Waals surface area contributed by atoms with E-state index in [4.69, 9.17) is 0 Å². The van der Waals surface area contributed by atoms with Crippen LogP contribution < -0.4 is 5.32 Å². The van der Waals surface area contributed by atoms with Crippen LogP contribution in [0.5, 0.6) is 0 Å². The van der Waals surface area contributed by atoms with Crippen LogP contribution in [0, 0.1) is 0 Å². The van der Waals surface area contributed by atoms with Gasteiger partial charge in [0, 0.05) is 18.7 Å². The molecule has 3 N–H and O–H groups in total. The third-order valence-electron chi connectivity index (χ3n) is 3.17. The maximum Gasteiger partial charge on any atom is 0.150 e. The molecule has 92 valence electrons. The molecule has 0 aliphatic carbocycles. The van der Waals surface area contributed by atoms with Gasteiger partial charge in [0.1, 0.15) is 6.10 Å². The molecule has 2 heterocycles. The van der Waals surface area contributed by atoms with E-state index in [0.29, 0.717) is 6.42 Å². The molecule has 0 aromatic rings. The summed E-state index contributed by atoms with van der Waals surface area (Å²) in [4.78, 5) is 4.22. The van der Waals surface area contributed by atoms with E-state index in [-0.39, 0.29) is 5.25 Å². The number of hydrogen-bond donors (Lipinski definition) is 3. The monoisotopic (exact) mass is 248 g/mol. The summed E-state index contributed by atoms with van der Waals surface area (Å²) in [6, 6.07) is -0.475. The molecule has 6 heteroatoms. The smallest absolute Gasteiger partial charge is 0.150 e. The first-order valence-electron chi connectivity index (χ1n) is 5.44. The zero-order valence-electron chi connectivity index (χ0n) is 9.30. The van der Waals surface area contributed by atoms with E-state index in [0.717, 1.165) is 5.84 Å². The molecule has 0 bridgehead atoms. The standard InChI is InChI=1S/C10H17FN2O2S/c1-4(14)10-9(15)7(11)8-5(16-10)3-6(12-2)13-8/h4-5,7-10,14-15H,3H2,1-2H3,(H,12,13)/t4-,5+,7-,8-,9-,10?/m0/s1. The number of amidine groups is 1. The fourth-order valence-electron chi connectivity index (χ4n) is 2.26. The van der Waals surface area contributed by atoms with Gasteiger partial charge in [-0.3, -0.25) is 4.99 Å². The highest BCUT2D eigenvalue weighted by atomic mass is 32.2. The van der Waals surface area contributed by atoms with Gasteiger partial charge in [0.15, 0.2) is 6.17 Å². The third kappa shape index (κ3) is 1.94. The number of aliphatic imine (C=N–C) groups is 1. The predicted octanol–water partition coefficient (Wildman–Crippen LogP) is -0.0596. The molecular formula is C10H17FN2O2S. The first-order chi connectivity index (χ1) is 7.54. The van der Waals surface area contributed by atoms with Crippen LogP contribution in [0.15, 0.2) is 4.99 Å². The Hall–Kier alpha value is -0.330. The van der Waals surface area contributed by atoms with Gasteiger partial charge < -0.3 is 15.5 Å². The van der Waals surface area contributed by atoms with E-state index in [9.17, 15) is 14.6 Å². The highest BCUT2D eigenvalue weighted by Crippen LogP contribution is 2.41. The van der Waals surface area contributed by atoms with Crippen LogP contribution in [0.25, 0.3) is 0 Å².